The average molecular weight is 445 g/mol. The Morgan fingerprint density at radius 2 is 2.00 bits per heavy atom. The van der Waals surface area contributed by atoms with Crippen LogP contribution in [-0.2, 0) is 14.8 Å². The maximum atomic E-state index is 13.9. The van der Waals surface area contributed by atoms with Gasteiger partial charge in [-0.3, -0.25) is 0 Å². The van der Waals surface area contributed by atoms with Gasteiger partial charge in [-0.15, -0.1) is 0 Å². The minimum atomic E-state index is -3.78. The lowest BCUT2D eigenvalue weighted by Crippen LogP contribution is -2.41. The van der Waals surface area contributed by atoms with Crippen molar-refractivity contribution in [2.75, 3.05) is 25.0 Å². The monoisotopic (exact) mass is 443 g/mol. The summed E-state index contributed by atoms with van der Waals surface area (Å²) in [6, 6.07) is 3.99. The van der Waals surface area contributed by atoms with Gasteiger partial charge in [0.15, 0.2) is 0 Å². The number of hydrogen-bond donors (Lipinski definition) is 0. The molecule has 0 N–H and O–H groups in total. The molecule has 1 aliphatic rings. The van der Waals surface area contributed by atoms with Crippen LogP contribution < -0.4 is 0 Å². The molecule has 118 valence electrons. The third kappa shape index (κ3) is 4.25. The zero-order valence-electron chi connectivity index (χ0n) is 11.3. The maximum absolute atomic E-state index is 13.9. The lowest BCUT2D eigenvalue weighted by Gasteiger charge is -2.31. The summed E-state index contributed by atoms with van der Waals surface area (Å²) in [5, 5.41) is 0.760. The van der Waals surface area contributed by atoms with Crippen LogP contribution >= 0.6 is 31.9 Å². The topological polar surface area (TPSA) is 46.6 Å². The molecule has 0 saturated carbocycles. The highest BCUT2D eigenvalue weighted by atomic mass is 79.9. The predicted octanol–water partition coefficient (Wildman–Crippen LogP) is 3.15. The van der Waals surface area contributed by atoms with Crippen LogP contribution in [0.15, 0.2) is 27.6 Å². The molecule has 1 aliphatic heterocycles. The second-order valence-electron chi connectivity index (χ2n) is 4.74. The molecule has 0 unspecified atom stereocenters. The molecule has 0 aromatic heterocycles. The van der Waals surface area contributed by atoms with Crippen molar-refractivity contribution in [3.8, 4) is 0 Å². The molecule has 0 spiro atoms. The normalized spacial score (nSPS) is 18.0. The van der Waals surface area contributed by atoms with E-state index in [0.29, 0.717) is 37.0 Å². The smallest absolute Gasteiger partial charge is 0.245 e. The average Bonchev–Trinajstić information content (AvgIpc) is 2.45. The van der Waals surface area contributed by atoms with Crippen molar-refractivity contribution in [2.24, 2.45) is 0 Å². The van der Waals surface area contributed by atoms with E-state index in [-0.39, 0.29) is 11.0 Å². The molecule has 2 rings (SSSR count). The van der Waals surface area contributed by atoms with Gasteiger partial charge in [-0.1, -0.05) is 31.9 Å². The van der Waals surface area contributed by atoms with Crippen LogP contribution in [0.3, 0.4) is 0 Å². The van der Waals surface area contributed by atoms with Gasteiger partial charge in [0.25, 0.3) is 0 Å². The molecule has 1 aromatic rings. The number of benzene rings is 1. The van der Waals surface area contributed by atoms with Crippen LogP contribution in [0.5, 0.6) is 0 Å². The Morgan fingerprint density at radius 3 is 2.57 bits per heavy atom. The Balaban J connectivity index is 2.08. The van der Waals surface area contributed by atoms with Gasteiger partial charge in [-0.25, -0.2) is 12.8 Å². The fourth-order valence-electron chi connectivity index (χ4n) is 2.27. The van der Waals surface area contributed by atoms with Crippen LogP contribution in [0.4, 0.5) is 4.39 Å². The summed E-state index contributed by atoms with van der Waals surface area (Å²) in [5.74, 6) is -0.734. The summed E-state index contributed by atoms with van der Waals surface area (Å²) < 4.78 is 46.2. The van der Waals surface area contributed by atoms with Crippen molar-refractivity contribution in [1.82, 2.24) is 4.31 Å². The molecule has 0 bridgehead atoms. The van der Waals surface area contributed by atoms with E-state index >= 15 is 0 Å². The highest BCUT2D eigenvalue weighted by molar-refractivity contribution is 9.10. The lowest BCUT2D eigenvalue weighted by atomic mass is 10.1. The van der Waals surface area contributed by atoms with Gasteiger partial charge in [0.1, 0.15) is 10.7 Å². The van der Waals surface area contributed by atoms with Crippen LogP contribution in [-0.4, -0.2) is 43.9 Å². The van der Waals surface area contributed by atoms with Crippen molar-refractivity contribution >= 4 is 41.9 Å². The highest BCUT2D eigenvalue weighted by Crippen LogP contribution is 2.25. The Labute approximate surface area is 141 Å². The van der Waals surface area contributed by atoms with Crippen LogP contribution in [0.2, 0.25) is 0 Å². The molecule has 8 heteroatoms. The van der Waals surface area contributed by atoms with E-state index < -0.39 is 15.8 Å². The third-order valence-corrected chi connectivity index (χ3v) is 6.09. The highest BCUT2D eigenvalue weighted by Gasteiger charge is 2.31. The Bertz CT molecular complexity index is 589. The molecule has 21 heavy (non-hydrogen) atoms. The van der Waals surface area contributed by atoms with Crippen LogP contribution in [0.25, 0.3) is 0 Å². The van der Waals surface area contributed by atoms with Crippen molar-refractivity contribution in [1.29, 1.82) is 0 Å². The van der Waals surface area contributed by atoms with Crippen molar-refractivity contribution in [3.05, 3.63) is 28.5 Å². The fourth-order valence-corrected chi connectivity index (χ4v) is 4.31. The van der Waals surface area contributed by atoms with Crippen molar-refractivity contribution in [2.45, 2.75) is 23.8 Å². The first-order valence-corrected chi connectivity index (χ1v) is 9.93. The van der Waals surface area contributed by atoms with Gasteiger partial charge in [0.2, 0.25) is 10.0 Å². The Morgan fingerprint density at radius 1 is 1.33 bits per heavy atom. The molecule has 1 aromatic carbocycles. The van der Waals surface area contributed by atoms with Gasteiger partial charge in [-0.2, -0.15) is 4.31 Å². The Kier molecular flexibility index (Phi) is 6.19. The summed E-state index contributed by atoms with van der Waals surface area (Å²) in [6.45, 7) is 1.31. The summed E-state index contributed by atoms with van der Waals surface area (Å²) in [7, 11) is -3.78. The minimum absolute atomic E-state index is 0.0729. The molecule has 0 aliphatic carbocycles. The molecule has 0 radical (unpaired) electrons. The van der Waals surface area contributed by atoms with Crippen LogP contribution in [0, 0.1) is 5.82 Å². The number of nitrogens with zero attached hydrogens (tertiary/aromatic N) is 1. The first kappa shape index (κ1) is 17.3. The van der Waals surface area contributed by atoms with Gasteiger partial charge < -0.3 is 4.74 Å². The van der Waals surface area contributed by atoms with Crippen molar-refractivity contribution in [3.63, 3.8) is 0 Å². The summed E-state index contributed by atoms with van der Waals surface area (Å²) in [6.07, 6.45) is 1.33. The van der Waals surface area contributed by atoms with Crippen LogP contribution in [0.1, 0.15) is 12.8 Å². The summed E-state index contributed by atoms with van der Waals surface area (Å²) >= 11 is 6.41. The summed E-state index contributed by atoms with van der Waals surface area (Å²) in [5.41, 5.74) is 0. The lowest BCUT2D eigenvalue weighted by molar-refractivity contribution is 0.0309. The van der Waals surface area contributed by atoms with E-state index in [2.05, 4.69) is 31.9 Å². The molecular weight excluding hydrogens is 429 g/mol. The number of piperidine rings is 1. The van der Waals surface area contributed by atoms with Gasteiger partial charge in [0.05, 0.1) is 12.7 Å². The van der Waals surface area contributed by atoms with E-state index in [0.717, 1.165) is 5.33 Å². The van der Waals surface area contributed by atoms with Crippen molar-refractivity contribution < 1.29 is 17.5 Å². The summed E-state index contributed by atoms with van der Waals surface area (Å²) in [4.78, 5) is -0.273. The minimum Gasteiger partial charge on any atom is -0.377 e. The second kappa shape index (κ2) is 7.50. The third-order valence-electron chi connectivity index (χ3n) is 3.34. The molecule has 0 atom stereocenters. The number of ether oxygens (including phenoxy) is 1. The van der Waals surface area contributed by atoms with E-state index in [1.165, 1.54) is 22.5 Å². The zero-order valence-corrected chi connectivity index (χ0v) is 15.3. The van der Waals surface area contributed by atoms with Gasteiger partial charge in [-0.05, 0) is 31.0 Å². The first-order chi connectivity index (χ1) is 9.95. The number of rotatable bonds is 5. The molecule has 4 nitrogen and oxygen atoms in total. The van der Waals surface area contributed by atoms with E-state index in [9.17, 15) is 12.8 Å². The fraction of sp³-hybridized carbons (Fsp3) is 0.538. The molecule has 1 heterocycles. The maximum Gasteiger partial charge on any atom is 0.245 e. The quantitative estimate of drug-likeness (QED) is 0.655. The van der Waals surface area contributed by atoms with E-state index in [4.69, 9.17) is 4.74 Å². The largest absolute Gasteiger partial charge is 0.377 e. The number of hydrogen-bond acceptors (Lipinski definition) is 3. The second-order valence-corrected chi connectivity index (χ2v) is 8.35. The molecular formula is C13H16Br2FNO3S. The SMILES string of the molecule is O=S(=O)(c1ccc(Br)cc1F)N1CCC(OCCBr)CC1. The van der Waals surface area contributed by atoms with Gasteiger partial charge >= 0.3 is 0 Å². The van der Waals surface area contributed by atoms with E-state index in [1.54, 1.807) is 0 Å². The molecule has 1 saturated heterocycles. The zero-order chi connectivity index (χ0) is 15.5. The number of alkyl halides is 1. The standard InChI is InChI=1S/C13H16Br2FNO3S/c14-5-8-20-11-3-6-17(7-4-11)21(18,19)13-2-1-10(15)9-12(13)16/h1-2,9,11H,3-8H2. The van der Waals surface area contributed by atoms with E-state index in [1.807, 2.05) is 0 Å². The predicted molar refractivity (Wildman–Crippen MR) is 85.6 cm³/mol. The Hall–Kier alpha value is -0.0200. The first-order valence-electron chi connectivity index (χ1n) is 6.58. The molecule has 0 amide bonds. The number of halogens is 3. The molecule has 1 fully saturated rings. The van der Waals surface area contributed by atoms with Gasteiger partial charge in [0, 0.05) is 22.9 Å². The number of sulfonamides is 1.